The van der Waals surface area contributed by atoms with Gasteiger partial charge < -0.3 is 19.1 Å². The molecule has 0 radical (unpaired) electrons. The van der Waals surface area contributed by atoms with Gasteiger partial charge in [-0.15, -0.1) is 11.3 Å². The molecule has 1 saturated heterocycles. The number of amides is 1. The van der Waals surface area contributed by atoms with Crippen molar-refractivity contribution in [3.05, 3.63) is 70.2 Å². The second-order valence-electron chi connectivity index (χ2n) is 6.91. The Morgan fingerprint density at radius 2 is 2.06 bits per heavy atom. The summed E-state index contributed by atoms with van der Waals surface area (Å²) in [6.07, 6.45) is 3.88. The van der Waals surface area contributed by atoms with Crippen LogP contribution >= 0.6 is 30.5 Å². The van der Waals surface area contributed by atoms with E-state index in [4.69, 9.17) is 25.4 Å². The van der Waals surface area contributed by atoms with E-state index in [2.05, 4.69) is 5.32 Å². The molecule has 2 aromatic carbocycles. The zero-order valence-electron chi connectivity index (χ0n) is 16.7. The van der Waals surface area contributed by atoms with Gasteiger partial charge in [0.05, 0.1) is 20.3 Å². The van der Waals surface area contributed by atoms with Gasteiger partial charge in [0.2, 0.25) is 5.91 Å². The van der Waals surface area contributed by atoms with E-state index < -0.39 is 19.2 Å². The molecule has 162 valence electrons. The fourth-order valence-corrected chi connectivity index (χ4v) is 6.66. The average Bonchev–Trinajstić information content (AvgIpc) is 3.17. The van der Waals surface area contributed by atoms with Gasteiger partial charge in [0, 0.05) is 15.9 Å². The SMILES string of the molecule is COc1cccc(C=CNC(=O)C(c2csc3ccc(Cl)cc23)P2(=O)OCCCO2)c1. The lowest BCUT2D eigenvalue weighted by Crippen LogP contribution is -2.28. The number of methoxy groups -OCH3 is 1. The number of nitrogens with one attached hydrogen (secondary N) is 1. The summed E-state index contributed by atoms with van der Waals surface area (Å²) in [4.78, 5) is 13.2. The quantitative estimate of drug-likeness (QED) is 0.439. The molecule has 31 heavy (non-hydrogen) atoms. The monoisotopic (exact) mass is 477 g/mol. The Morgan fingerprint density at radius 1 is 1.26 bits per heavy atom. The molecule has 1 fully saturated rings. The molecule has 1 atom stereocenters. The van der Waals surface area contributed by atoms with Gasteiger partial charge in [0.1, 0.15) is 5.75 Å². The number of hydrogen-bond acceptors (Lipinski definition) is 6. The fourth-order valence-electron chi connectivity index (χ4n) is 3.36. The van der Waals surface area contributed by atoms with Crippen molar-refractivity contribution < 1.29 is 23.1 Å². The largest absolute Gasteiger partial charge is 0.497 e. The third kappa shape index (κ3) is 4.86. The summed E-state index contributed by atoms with van der Waals surface area (Å²) in [5.74, 6) is 0.241. The van der Waals surface area contributed by atoms with Gasteiger partial charge in [-0.05, 0) is 64.7 Å². The van der Waals surface area contributed by atoms with E-state index in [0.29, 0.717) is 22.8 Å². The van der Waals surface area contributed by atoms with Crippen molar-refractivity contribution in [2.24, 2.45) is 0 Å². The number of carbonyl (C=O) groups is 1. The molecule has 1 unspecified atom stereocenters. The van der Waals surface area contributed by atoms with Crippen LogP contribution in [0.25, 0.3) is 16.2 Å². The molecule has 1 aliphatic rings. The molecule has 0 saturated carbocycles. The number of fused-ring (bicyclic) bond motifs is 1. The molecule has 4 rings (SSSR count). The predicted octanol–water partition coefficient (Wildman–Crippen LogP) is 6.02. The van der Waals surface area contributed by atoms with Crippen LogP contribution in [-0.4, -0.2) is 26.2 Å². The molecular formula is C22H21ClNO5PS. The van der Waals surface area contributed by atoms with Crippen molar-refractivity contribution in [2.75, 3.05) is 20.3 Å². The minimum absolute atomic E-state index is 0.281. The summed E-state index contributed by atoms with van der Waals surface area (Å²) in [5, 5.41) is 5.86. The first-order valence-electron chi connectivity index (χ1n) is 9.66. The van der Waals surface area contributed by atoms with Crippen molar-refractivity contribution in [1.29, 1.82) is 0 Å². The van der Waals surface area contributed by atoms with Crippen LogP contribution in [0.1, 0.15) is 23.2 Å². The summed E-state index contributed by atoms with van der Waals surface area (Å²) in [6.45, 7) is 0.563. The summed E-state index contributed by atoms with van der Waals surface area (Å²) >= 11 is 7.63. The normalized spacial score (nSPS) is 17.0. The molecule has 9 heteroatoms. The van der Waals surface area contributed by atoms with Crippen LogP contribution in [0.15, 0.2) is 54.0 Å². The fraction of sp³-hybridized carbons (Fsp3) is 0.227. The summed E-state index contributed by atoms with van der Waals surface area (Å²) in [7, 11) is -2.12. The summed E-state index contributed by atoms with van der Waals surface area (Å²) < 4.78 is 30.8. The number of benzene rings is 2. The first-order chi connectivity index (χ1) is 15.0. The topological polar surface area (TPSA) is 73.9 Å². The lowest BCUT2D eigenvalue weighted by atomic mass is 10.1. The van der Waals surface area contributed by atoms with Crippen LogP contribution in [0, 0.1) is 0 Å². The second-order valence-corrected chi connectivity index (χ2v) is 10.4. The highest BCUT2D eigenvalue weighted by Gasteiger charge is 2.45. The molecule has 6 nitrogen and oxygen atoms in total. The Bertz CT molecular complexity index is 1170. The van der Waals surface area contributed by atoms with Crippen molar-refractivity contribution >= 4 is 52.6 Å². The van der Waals surface area contributed by atoms with Crippen LogP contribution in [0.2, 0.25) is 5.02 Å². The lowest BCUT2D eigenvalue weighted by molar-refractivity contribution is -0.120. The van der Waals surface area contributed by atoms with Crippen molar-refractivity contribution in [2.45, 2.75) is 12.1 Å². The van der Waals surface area contributed by atoms with Crippen LogP contribution in [-0.2, 0) is 18.4 Å². The zero-order chi connectivity index (χ0) is 21.8. The molecule has 1 amide bonds. The predicted molar refractivity (Wildman–Crippen MR) is 124 cm³/mol. The Hall–Kier alpha value is -2.15. The molecule has 1 N–H and O–H groups in total. The first kappa shape index (κ1) is 22.1. The summed E-state index contributed by atoms with van der Waals surface area (Å²) in [5.41, 5.74) is 0.329. The minimum atomic E-state index is -3.72. The zero-order valence-corrected chi connectivity index (χ0v) is 19.2. The van der Waals surface area contributed by atoms with E-state index in [1.807, 2.05) is 35.7 Å². The first-order valence-corrected chi connectivity index (χ1v) is 12.5. The highest BCUT2D eigenvalue weighted by atomic mass is 35.5. The average molecular weight is 478 g/mol. The van der Waals surface area contributed by atoms with Crippen molar-refractivity contribution in [1.82, 2.24) is 5.32 Å². The van der Waals surface area contributed by atoms with Crippen LogP contribution < -0.4 is 10.1 Å². The van der Waals surface area contributed by atoms with E-state index in [1.165, 1.54) is 17.5 Å². The number of thiophene rings is 1. The van der Waals surface area contributed by atoms with E-state index in [-0.39, 0.29) is 13.2 Å². The molecule has 1 aromatic heterocycles. The number of hydrogen-bond donors (Lipinski definition) is 1. The molecule has 0 spiro atoms. The highest BCUT2D eigenvalue weighted by Crippen LogP contribution is 2.63. The van der Waals surface area contributed by atoms with Gasteiger partial charge in [0.15, 0.2) is 5.66 Å². The van der Waals surface area contributed by atoms with Gasteiger partial charge in [-0.25, -0.2) is 0 Å². The van der Waals surface area contributed by atoms with Gasteiger partial charge in [-0.2, -0.15) is 0 Å². The van der Waals surface area contributed by atoms with Gasteiger partial charge in [0.25, 0.3) is 0 Å². The van der Waals surface area contributed by atoms with Crippen LogP contribution in [0.4, 0.5) is 0 Å². The molecule has 0 aliphatic carbocycles. The van der Waals surface area contributed by atoms with Gasteiger partial charge >= 0.3 is 7.60 Å². The Labute approximate surface area is 189 Å². The van der Waals surface area contributed by atoms with Gasteiger partial charge in [-0.1, -0.05) is 23.7 Å². The van der Waals surface area contributed by atoms with Crippen LogP contribution in [0.5, 0.6) is 5.75 Å². The van der Waals surface area contributed by atoms with Gasteiger partial charge in [-0.3, -0.25) is 9.36 Å². The molecule has 2 heterocycles. The Balaban J connectivity index is 1.65. The number of rotatable bonds is 6. The second kappa shape index (κ2) is 9.55. The smallest absolute Gasteiger partial charge is 0.347 e. The maximum absolute atomic E-state index is 13.5. The van der Waals surface area contributed by atoms with E-state index in [1.54, 1.807) is 25.3 Å². The molecular weight excluding hydrogens is 457 g/mol. The van der Waals surface area contributed by atoms with Crippen molar-refractivity contribution in [3.63, 3.8) is 0 Å². The Kier molecular flexibility index (Phi) is 6.80. The third-order valence-electron chi connectivity index (χ3n) is 4.85. The maximum atomic E-state index is 13.5. The third-order valence-corrected chi connectivity index (χ3v) is 8.30. The molecule has 0 bridgehead atoms. The number of carbonyl (C=O) groups excluding carboxylic acids is 1. The number of ether oxygens (including phenoxy) is 1. The maximum Gasteiger partial charge on any atom is 0.347 e. The van der Waals surface area contributed by atoms with Crippen LogP contribution in [0.3, 0.4) is 0 Å². The van der Waals surface area contributed by atoms with E-state index in [0.717, 1.165) is 15.6 Å². The van der Waals surface area contributed by atoms with E-state index >= 15 is 0 Å². The number of halogens is 1. The molecule has 1 aliphatic heterocycles. The minimum Gasteiger partial charge on any atom is -0.497 e. The Morgan fingerprint density at radius 3 is 2.84 bits per heavy atom. The standard InChI is InChI=1S/C22H21ClNO5PS/c1-27-17-5-2-4-15(12-17)8-9-24-22(25)21(30(26)28-10-3-11-29-30)19-14-31-20-7-6-16(23)13-18(19)20/h2,4-9,12-14,21H,3,10-11H2,1H3,(H,24,25). The summed E-state index contributed by atoms with van der Waals surface area (Å²) in [6, 6.07) is 12.8. The highest BCUT2D eigenvalue weighted by molar-refractivity contribution is 7.55. The lowest BCUT2D eigenvalue weighted by Gasteiger charge is -2.29. The van der Waals surface area contributed by atoms with Crippen molar-refractivity contribution in [3.8, 4) is 5.75 Å². The molecule has 3 aromatic rings. The van der Waals surface area contributed by atoms with E-state index in [9.17, 15) is 9.36 Å².